The zero-order valence-electron chi connectivity index (χ0n) is 15.0. The molecule has 0 atom stereocenters. The fourth-order valence-corrected chi connectivity index (χ4v) is 5.04. The highest BCUT2D eigenvalue weighted by Crippen LogP contribution is 2.43. The molecule has 4 heterocycles. The molecule has 0 aliphatic carbocycles. The highest BCUT2D eigenvalue weighted by molar-refractivity contribution is 7.10. The van der Waals surface area contributed by atoms with Crippen molar-refractivity contribution in [1.82, 2.24) is 15.1 Å². The van der Waals surface area contributed by atoms with E-state index in [0.717, 1.165) is 30.8 Å². The maximum absolute atomic E-state index is 12.6. The number of amides is 4. The van der Waals surface area contributed by atoms with E-state index in [1.165, 1.54) is 10.4 Å². The van der Waals surface area contributed by atoms with E-state index in [9.17, 15) is 14.4 Å². The predicted molar refractivity (Wildman–Crippen MR) is 95.8 cm³/mol. The molecule has 1 aromatic rings. The molecule has 2 fully saturated rings. The molecule has 1 spiro atoms. The van der Waals surface area contributed by atoms with Crippen LogP contribution in [-0.2, 0) is 26.3 Å². The lowest BCUT2D eigenvalue weighted by atomic mass is 9.82. The molecule has 0 bridgehead atoms. The standard InChI is InChI=1S/C18H23N3O4S/c1-17(2)15(23)21(16(24)19-17)11-14(22)20-7-5-18(6-8-20)12-4-10-26-13(12)3-9-25-18/h4,10H,3,5-9,11H2,1-2H3,(H,19,24). The molecule has 26 heavy (non-hydrogen) atoms. The first-order valence-electron chi connectivity index (χ1n) is 8.95. The maximum atomic E-state index is 12.6. The third kappa shape index (κ3) is 2.72. The van der Waals surface area contributed by atoms with Crippen molar-refractivity contribution in [3.05, 3.63) is 21.9 Å². The van der Waals surface area contributed by atoms with Crippen LogP contribution in [0.15, 0.2) is 11.4 Å². The highest BCUT2D eigenvalue weighted by atomic mass is 32.1. The molecule has 1 aromatic heterocycles. The Morgan fingerprint density at radius 1 is 1.31 bits per heavy atom. The van der Waals surface area contributed by atoms with Gasteiger partial charge >= 0.3 is 6.03 Å². The number of urea groups is 1. The fourth-order valence-electron chi connectivity index (χ4n) is 4.08. The van der Waals surface area contributed by atoms with Crippen LogP contribution in [0.2, 0.25) is 0 Å². The van der Waals surface area contributed by atoms with E-state index in [1.807, 2.05) is 0 Å². The molecule has 2 saturated heterocycles. The number of rotatable bonds is 2. The van der Waals surface area contributed by atoms with Gasteiger partial charge in [0.1, 0.15) is 12.1 Å². The van der Waals surface area contributed by atoms with Gasteiger partial charge in [0.25, 0.3) is 5.91 Å². The number of ether oxygens (including phenoxy) is 1. The Morgan fingerprint density at radius 2 is 2.04 bits per heavy atom. The van der Waals surface area contributed by atoms with Gasteiger partial charge in [-0.05, 0) is 43.7 Å². The average Bonchev–Trinajstić information content (AvgIpc) is 3.15. The largest absolute Gasteiger partial charge is 0.370 e. The van der Waals surface area contributed by atoms with E-state index < -0.39 is 11.6 Å². The van der Waals surface area contributed by atoms with Gasteiger partial charge in [0.15, 0.2) is 0 Å². The number of carbonyl (C=O) groups is 3. The lowest BCUT2D eigenvalue weighted by Crippen LogP contribution is -2.51. The molecule has 0 radical (unpaired) electrons. The predicted octanol–water partition coefficient (Wildman–Crippen LogP) is 1.47. The Morgan fingerprint density at radius 3 is 2.69 bits per heavy atom. The minimum Gasteiger partial charge on any atom is -0.370 e. The van der Waals surface area contributed by atoms with Crippen molar-refractivity contribution in [2.75, 3.05) is 26.2 Å². The van der Waals surface area contributed by atoms with E-state index in [-0.39, 0.29) is 24.0 Å². The molecule has 0 saturated carbocycles. The van der Waals surface area contributed by atoms with Gasteiger partial charge in [-0.15, -0.1) is 11.3 Å². The van der Waals surface area contributed by atoms with Crippen molar-refractivity contribution >= 4 is 29.2 Å². The molecule has 3 aliphatic rings. The van der Waals surface area contributed by atoms with Crippen LogP contribution in [0, 0.1) is 0 Å². The Labute approximate surface area is 156 Å². The first-order valence-corrected chi connectivity index (χ1v) is 9.83. The molecule has 4 rings (SSSR count). The van der Waals surface area contributed by atoms with Crippen LogP contribution < -0.4 is 5.32 Å². The molecule has 140 valence electrons. The van der Waals surface area contributed by atoms with E-state index in [0.29, 0.717) is 13.1 Å². The van der Waals surface area contributed by atoms with Gasteiger partial charge < -0.3 is 15.0 Å². The summed E-state index contributed by atoms with van der Waals surface area (Å²) in [6.07, 6.45) is 2.45. The summed E-state index contributed by atoms with van der Waals surface area (Å²) in [4.78, 5) is 41.0. The number of carbonyl (C=O) groups excluding carboxylic acids is 3. The second kappa shape index (κ2) is 6.06. The lowest BCUT2D eigenvalue weighted by Gasteiger charge is -2.44. The summed E-state index contributed by atoms with van der Waals surface area (Å²) in [5.41, 5.74) is 0.0404. The summed E-state index contributed by atoms with van der Waals surface area (Å²) in [6, 6.07) is 1.65. The average molecular weight is 377 g/mol. The van der Waals surface area contributed by atoms with Gasteiger partial charge in [0, 0.05) is 24.4 Å². The topological polar surface area (TPSA) is 79.0 Å². The Balaban J connectivity index is 1.41. The minimum atomic E-state index is -0.950. The summed E-state index contributed by atoms with van der Waals surface area (Å²) in [5.74, 6) is -0.551. The number of hydrogen-bond donors (Lipinski definition) is 1. The zero-order chi connectivity index (χ0) is 18.5. The highest BCUT2D eigenvalue weighted by Gasteiger charge is 2.46. The molecule has 7 nitrogen and oxygen atoms in total. The van der Waals surface area contributed by atoms with Crippen LogP contribution in [0.25, 0.3) is 0 Å². The fraction of sp³-hybridized carbons (Fsp3) is 0.611. The normalized spacial score (nSPS) is 23.9. The van der Waals surface area contributed by atoms with Gasteiger partial charge in [0.2, 0.25) is 5.91 Å². The van der Waals surface area contributed by atoms with Gasteiger partial charge in [-0.3, -0.25) is 14.5 Å². The van der Waals surface area contributed by atoms with E-state index >= 15 is 0 Å². The van der Waals surface area contributed by atoms with E-state index in [2.05, 4.69) is 16.8 Å². The number of thiophene rings is 1. The molecule has 0 unspecified atom stereocenters. The van der Waals surface area contributed by atoms with Crippen LogP contribution >= 0.6 is 11.3 Å². The molecule has 0 aromatic carbocycles. The molecule has 8 heteroatoms. The minimum absolute atomic E-state index is 0.192. The molecular formula is C18H23N3O4S. The third-order valence-electron chi connectivity index (χ3n) is 5.61. The summed E-state index contributed by atoms with van der Waals surface area (Å²) in [7, 11) is 0. The van der Waals surface area contributed by atoms with Crippen LogP contribution in [0.3, 0.4) is 0 Å². The van der Waals surface area contributed by atoms with Crippen LogP contribution in [-0.4, -0.2) is 59.4 Å². The van der Waals surface area contributed by atoms with Gasteiger partial charge in [-0.2, -0.15) is 0 Å². The first kappa shape index (κ1) is 17.5. The number of nitrogens with zero attached hydrogens (tertiary/aromatic N) is 2. The molecular weight excluding hydrogens is 354 g/mol. The van der Waals surface area contributed by atoms with Crippen LogP contribution in [0.1, 0.15) is 37.1 Å². The van der Waals surface area contributed by atoms with E-state index in [1.54, 1.807) is 30.1 Å². The summed E-state index contributed by atoms with van der Waals surface area (Å²) < 4.78 is 6.15. The summed E-state index contributed by atoms with van der Waals surface area (Å²) in [5, 5.41) is 4.71. The molecule has 1 N–H and O–H groups in total. The summed E-state index contributed by atoms with van der Waals surface area (Å²) in [6.45, 7) is 4.94. The number of imide groups is 1. The van der Waals surface area contributed by atoms with Crippen molar-refractivity contribution < 1.29 is 19.1 Å². The van der Waals surface area contributed by atoms with Crippen molar-refractivity contribution in [2.24, 2.45) is 0 Å². The second-order valence-electron chi connectivity index (χ2n) is 7.68. The Hall–Kier alpha value is -1.93. The number of likely N-dealkylation sites (tertiary alicyclic amines) is 1. The van der Waals surface area contributed by atoms with Crippen molar-refractivity contribution in [3.63, 3.8) is 0 Å². The van der Waals surface area contributed by atoms with Crippen LogP contribution in [0.4, 0.5) is 4.79 Å². The van der Waals surface area contributed by atoms with Gasteiger partial charge in [0.05, 0.1) is 12.2 Å². The lowest BCUT2D eigenvalue weighted by molar-refractivity contribution is -0.144. The Bertz CT molecular complexity index is 764. The van der Waals surface area contributed by atoms with E-state index in [4.69, 9.17) is 4.74 Å². The number of fused-ring (bicyclic) bond motifs is 2. The molecule has 4 amide bonds. The maximum Gasteiger partial charge on any atom is 0.325 e. The van der Waals surface area contributed by atoms with Crippen LogP contribution in [0.5, 0.6) is 0 Å². The third-order valence-corrected chi connectivity index (χ3v) is 6.59. The van der Waals surface area contributed by atoms with Crippen molar-refractivity contribution in [1.29, 1.82) is 0 Å². The first-order chi connectivity index (χ1) is 12.3. The zero-order valence-corrected chi connectivity index (χ0v) is 15.9. The number of hydrogen-bond acceptors (Lipinski definition) is 5. The quantitative estimate of drug-likeness (QED) is 0.792. The van der Waals surface area contributed by atoms with Gasteiger partial charge in [-0.25, -0.2) is 4.79 Å². The smallest absolute Gasteiger partial charge is 0.325 e. The van der Waals surface area contributed by atoms with Gasteiger partial charge in [-0.1, -0.05) is 0 Å². The molecule has 3 aliphatic heterocycles. The number of nitrogens with one attached hydrogen (secondary N) is 1. The second-order valence-corrected chi connectivity index (χ2v) is 8.68. The number of piperidine rings is 1. The Kier molecular flexibility index (Phi) is 4.07. The monoisotopic (exact) mass is 377 g/mol. The van der Waals surface area contributed by atoms with Crippen molar-refractivity contribution in [3.8, 4) is 0 Å². The SMILES string of the molecule is CC1(C)NC(=O)N(CC(=O)N2CCC3(CC2)OCCc2sccc23)C1=O. The van der Waals surface area contributed by atoms with Crippen molar-refractivity contribution in [2.45, 2.75) is 44.2 Å². The summed E-state index contributed by atoms with van der Waals surface area (Å²) >= 11 is 1.77.